The van der Waals surface area contributed by atoms with Gasteiger partial charge in [-0.2, -0.15) is 0 Å². The van der Waals surface area contributed by atoms with Gasteiger partial charge < -0.3 is 14.6 Å². The lowest BCUT2D eigenvalue weighted by atomic mass is 9.79. The lowest BCUT2D eigenvalue weighted by molar-refractivity contribution is 0.0443. The zero-order chi connectivity index (χ0) is 31.1. The Morgan fingerprint density at radius 1 is 0.561 bits per heavy atom. The van der Waals surface area contributed by atoms with Crippen molar-refractivity contribution < 1.29 is 24.2 Å². The van der Waals surface area contributed by atoms with Crippen molar-refractivity contribution >= 4 is 11.9 Å². The van der Waals surface area contributed by atoms with Crippen molar-refractivity contribution in [2.75, 3.05) is 0 Å². The number of phenols is 1. The van der Waals surface area contributed by atoms with Crippen LogP contribution in [-0.4, -0.2) is 17.0 Å². The molecule has 5 nitrogen and oxygen atoms in total. The lowest BCUT2D eigenvalue weighted by Gasteiger charge is -2.29. The molecule has 1 aliphatic rings. The van der Waals surface area contributed by atoms with Gasteiger partial charge in [0.05, 0.1) is 11.1 Å². The number of aromatic hydroxyl groups is 1. The molecule has 0 spiro atoms. The molecule has 41 heavy (non-hydrogen) atoms. The van der Waals surface area contributed by atoms with E-state index in [4.69, 9.17) is 4.74 Å². The normalized spacial score (nSPS) is 13.8. The summed E-state index contributed by atoms with van der Waals surface area (Å²) in [6, 6.07) is 17.1. The van der Waals surface area contributed by atoms with E-state index in [1.165, 1.54) is 0 Å². The van der Waals surface area contributed by atoms with Crippen LogP contribution in [0.25, 0.3) is 0 Å². The van der Waals surface area contributed by atoms with Gasteiger partial charge in [-0.15, -0.1) is 0 Å². The van der Waals surface area contributed by atoms with Crippen molar-refractivity contribution in [3.63, 3.8) is 0 Å². The second-order valence-electron chi connectivity index (χ2n) is 14.9. The fraction of sp³-hybridized carbons (Fsp3) is 0.444. The van der Waals surface area contributed by atoms with Crippen LogP contribution in [0.2, 0.25) is 0 Å². The van der Waals surface area contributed by atoms with E-state index in [1.807, 2.05) is 24.3 Å². The number of para-hydroxylation sites is 2. The minimum absolute atomic E-state index is 0.00859. The number of cyclic esters (lactones) is 2. The molecule has 0 aliphatic carbocycles. The fourth-order valence-corrected chi connectivity index (χ4v) is 4.83. The van der Waals surface area contributed by atoms with Crippen molar-refractivity contribution in [3.8, 4) is 17.2 Å². The summed E-state index contributed by atoms with van der Waals surface area (Å²) in [4.78, 5) is 23.5. The topological polar surface area (TPSA) is 72.8 Å². The summed E-state index contributed by atoms with van der Waals surface area (Å²) in [6.45, 7) is 25.6. The molecule has 1 aliphatic heterocycles. The highest BCUT2D eigenvalue weighted by Gasteiger charge is 2.31. The number of hydrogen-bond acceptors (Lipinski definition) is 5. The molecule has 0 saturated carbocycles. The molecule has 0 unspecified atom stereocenters. The number of phenolic OH excluding ortho intramolecular Hbond substituents is 1. The fourth-order valence-electron chi connectivity index (χ4n) is 4.83. The Bertz CT molecular complexity index is 1390. The Morgan fingerprint density at radius 3 is 1.37 bits per heavy atom. The Morgan fingerprint density at radius 2 is 0.951 bits per heavy atom. The molecule has 0 fully saturated rings. The minimum atomic E-state index is -0.629. The first-order chi connectivity index (χ1) is 18.6. The molecular formula is C36H46O5. The van der Waals surface area contributed by atoms with Gasteiger partial charge >= 0.3 is 11.9 Å². The van der Waals surface area contributed by atoms with Gasteiger partial charge in [0.15, 0.2) is 0 Å². The molecule has 0 atom stereocenters. The number of carbonyl (C=O) groups excluding carboxylic acids is 2. The minimum Gasteiger partial charge on any atom is -0.507 e. The predicted molar refractivity (Wildman–Crippen MR) is 166 cm³/mol. The maximum absolute atomic E-state index is 11.8. The first-order valence-corrected chi connectivity index (χ1v) is 14.2. The van der Waals surface area contributed by atoms with E-state index in [0.717, 1.165) is 28.0 Å². The molecular weight excluding hydrogens is 512 g/mol. The second-order valence-corrected chi connectivity index (χ2v) is 14.9. The summed E-state index contributed by atoms with van der Waals surface area (Å²) in [5.41, 5.74) is 4.51. The van der Waals surface area contributed by atoms with Crippen LogP contribution in [0.1, 0.15) is 126 Å². The number of ether oxygens (including phenoxy) is 2. The van der Waals surface area contributed by atoms with Crippen LogP contribution in [0.15, 0.2) is 54.6 Å². The summed E-state index contributed by atoms with van der Waals surface area (Å²) < 4.78 is 10.9. The number of esters is 2. The molecule has 0 radical (unpaired) electrons. The zero-order valence-corrected chi connectivity index (χ0v) is 26.8. The molecule has 1 N–H and O–H groups in total. The summed E-state index contributed by atoms with van der Waals surface area (Å²) >= 11 is 0. The third-order valence-electron chi connectivity index (χ3n) is 7.12. The van der Waals surface area contributed by atoms with E-state index >= 15 is 0 Å². The monoisotopic (exact) mass is 558 g/mol. The highest BCUT2D eigenvalue weighted by Crippen LogP contribution is 2.42. The van der Waals surface area contributed by atoms with E-state index in [0.29, 0.717) is 11.5 Å². The van der Waals surface area contributed by atoms with Crippen molar-refractivity contribution in [1.82, 2.24) is 0 Å². The Hall–Kier alpha value is -3.60. The van der Waals surface area contributed by atoms with Crippen LogP contribution in [-0.2, 0) is 26.4 Å². The molecule has 3 aromatic rings. The maximum atomic E-state index is 11.8. The maximum Gasteiger partial charge on any atom is 0.347 e. The first-order valence-electron chi connectivity index (χ1n) is 14.2. The number of carbonyl (C=O) groups is 2. The quantitative estimate of drug-likeness (QED) is 0.251. The van der Waals surface area contributed by atoms with Crippen molar-refractivity contribution in [3.05, 3.63) is 88.0 Å². The molecule has 4 rings (SSSR count). The summed E-state index contributed by atoms with van der Waals surface area (Å²) in [5.74, 6) is 0.526. The van der Waals surface area contributed by atoms with E-state index in [9.17, 15) is 14.7 Å². The average molecular weight is 559 g/mol. The molecule has 5 heteroatoms. The SMILES string of the molecule is CC(C)(C)c1cccc(C(C)(C)C)c1O.CC(C)(C)c1cccc(C(C)(C)C)c1Oc1ccc2c(c1)C(=O)OC2=O. The van der Waals surface area contributed by atoms with E-state index in [1.54, 1.807) is 18.2 Å². The molecule has 0 aromatic heterocycles. The predicted octanol–water partition coefficient (Wildman–Crippen LogP) is 9.37. The Labute approximate surface area is 245 Å². The Balaban J connectivity index is 0.000000263. The van der Waals surface area contributed by atoms with Crippen molar-refractivity contribution in [2.24, 2.45) is 0 Å². The third kappa shape index (κ3) is 7.19. The summed E-state index contributed by atoms with van der Waals surface area (Å²) in [5, 5.41) is 10.3. The largest absolute Gasteiger partial charge is 0.507 e. The average Bonchev–Trinajstić information content (AvgIpc) is 3.09. The number of fused-ring (bicyclic) bond motifs is 1. The Kier molecular flexibility index (Phi) is 8.56. The van der Waals surface area contributed by atoms with Crippen molar-refractivity contribution in [2.45, 2.75) is 105 Å². The molecule has 0 saturated heterocycles. The van der Waals surface area contributed by atoms with E-state index < -0.39 is 11.9 Å². The standard InChI is InChI=1S/C22H24O4.C14H22O/c1-21(2,3)16-8-7-9-17(22(4,5)6)18(16)25-13-10-11-14-15(12-13)20(24)26-19(14)23;1-13(2,3)10-8-7-9-11(12(10)15)14(4,5)6/h7-12H,1-6H3;7-9,15H,1-6H3. The third-order valence-corrected chi connectivity index (χ3v) is 7.12. The van der Waals surface area contributed by atoms with Crippen LogP contribution in [0, 0.1) is 0 Å². The van der Waals surface area contributed by atoms with Crippen LogP contribution in [0.3, 0.4) is 0 Å². The highest BCUT2D eigenvalue weighted by atomic mass is 16.6. The van der Waals surface area contributed by atoms with E-state index in [-0.39, 0.29) is 32.8 Å². The van der Waals surface area contributed by atoms with Crippen LogP contribution in [0.5, 0.6) is 17.2 Å². The number of hydrogen-bond donors (Lipinski definition) is 1. The molecule has 3 aromatic carbocycles. The van der Waals surface area contributed by atoms with Crippen LogP contribution >= 0.6 is 0 Å². The first kappa shape index (κ1) is 31.9. The molecule has 0 amide bonds. The molecule has 0 bridgehead atoms. The van der Waals surface area contributed by atoms with Gasteiger partial charge in [-0.3, -0.25) is 0 Å². The zero-order valence-electron chi connectivity index (χ0n) is 26.8. The number of benzene rings is 3. The highest BCUT2D eigenvalue weighted by molar-refractivity contribution is 6.14. The lowest BCUT2D eigenvalue weighted by Crippen LogP contribution is -2.18. The van der Waals surface area contributed by atoms with Gasteiger partial charge in [0.1, 0.15) is 17.2 Å². The van der Waals surface area contributed by atoms with Gasteiger partial charge in [-0.1, -0.05) is 119 Å². The van der Waals surface area contributed by atoms with Crippen LogP contribution in [0.4, 0.5) is 0 Å². The number of rotatable bonds is 2. The van der Waals surface area contributed by atoms with Gasteiger partial charge in [0.2, 0.25) is 0 Å². The van der Waals surface area contributed by atoms with Gasteiger partial charge in [0, 0.05) is 11.1 Å². The van der Waals surface area contributed by atoms with Crippen LogP contribution < -0.4 is 4.74 Å². The second kappa shape index (κ2) is 11.0. The van der Waals surface area contributed by atoms with Crippen molar-refractivity contribution in [1.29, 1.82) is 0 Å². The summed E-state index contributed by atoms with van der Waals surface area (Å²) in [6.07, 6.45) is 0. The molecule has 220 valence electrons. The van der Waals surface area contributed by atoms with Gasteiger partial charge in [-0.25, -0.2) is 9.59 Å². The van der Waals surface area contributed by atoms with Gasteiger partial charge in [0.25, 0.3) is 0 Å². The molecule has 1 heterocycles. The summed E-state index contributed by atoms with van der Waals surface area (Å²) in [7, 11) is 0. The smallest absolute Gasteiger partial charge is 0.347 e. The van der Waals surface area contributed by atoms with E-state index in [2.05, 4.69) is 100.0 Å². The van der Waals surface area contributed by atoms with Gasteiger partial charge in [-0.05, 0) is 51.0 Å².